The monoisotopic (exact) mass is 421 g/mol. The Kier molecular flexibility index (Phi) is 7.36. The molecule has 0 aliphatic heterocycles. The van der Waals surface area contributed by atoms with E-state index in [1.54, 1.807) is 0 Å². The summed E-state index contributed by atoms with van der Waals surface area (Å²) in [6.45, 7) is 0.908. The molecule has 24 heavy (non-hydrogen) atoms. The number of hydroxylamine groups is 1. The van der Waals surface area contributed by atoms with Gasteiger partial charge in [0.1, 0.15) is 5.82 Å². The standard InChI is InChI=1S/C11H13BrFN7O3S/c12-7-5-6(1-2-8(7)13)16-11(17-21)9-10(19-23-18-9)14-3-4-15-24-20-22/h1-2,5,15,20-22H,3-4H2,(H,14,19)(H,16,17). The number of amidine groups is 1. The fourth-order valence-corrected chi connectivity index (χ4v) is 2.23. The first-order valence-corrected chi connectivity index (χ1v) is 8.05. The van der Waals surface area contributed by atoms with Crippen molar-refractivity contribution in [1.29, 1.82) is 0 Å². The van der Waals surface area contributed by atoms with Crippen molar-refractivity contribution in [3.63, 3.8) is 0 Å². The van der Waals surface area contributed by atoms with Crippen LogP contribution in [0.15, 0.2) is 32.3 Å². The third-order valence-electron chi connectivity index (χ3n) is 2.60. The summed E-state index contributed by atoms with van der Waals surface area (Å²) in [6.07, 6.45) is 0. The van der Waals surface area contributed by atoms with Gasteiger partial charge in [-0.25, -0.2) is 18.7 Å². The Hall–Kier alpha value is -1.77. The van der Waals surface area contributed by atoms with E-state index in [9.17, 15) is 9.60 Å². The lowest BCUT2D eigenvalue weighted by Crippen LogP contribution is -2.24. The van der Waals surface area contributed by atoms with Crippen molar-refractivity contribution in [2.24, 2.45) is 4.99 Å². The lowest BCUT2D eigenvalue weighted by molar-refractivity contribution is 0.234. The molecule has 0 saturated heterocycles. The molecule has 6 N–H and O–H groups in total. The lowest BCUT2D eigenvalue weighted by atomic mass is 10.3. The first kappa shape index (κ1) is 18.6. The summed E-state index contributed by atoms with van der Waals surface area (Å²) in [4.78, 5) is 6.01. The molecule has 0 aliphatic carbocycles. The number of hydrogen-bond acceptors (Lipinski definition) is 10. The van der Waals surface area contributed by atoms with Gasteiger partial charge in [-0.15, -0.1) is 4.89 Å². The van der Waals surface area contributed by atoms with Crippen LogP contribution in [0.2, 0.25) is 0 Å². The molecule has 0 amide bonds. The van der Waals surface area contributed by atoms with Crippen LogP contribution in [0.25, 0.3) is 0 Å². The Labute approximate surface area is 148 Å². The first-order chi connectivity index (χ1) is 11.7. The van der Waals surface area contributed by atoms with Crippen molar-refractivity contribution in [1.82, 2.24) is 25.4 Å². The van der Waals surface area contributed by atoms with Crippen LogP contribution in [-0.4, -0.2) is 39.7 Å². The summed E-state index contributed by atoms with van der Waals surface area (Å²) < 4.78 is 20.9. The second kappa shape index (κ2) is 9.51. The average Bonchev–Trinajstić information content (AvgIpc) is 3.04. The van der Waals surface area contributed by atoms with Gasteiger partial charge in [-0.3, -0.25) is 10.7 Å². The van der Waals surface area contributed by atoms with Crippen molar-refractivity contribution in [2.45, 2.75) is 0 Å². The van der Waals surface area contributed by atoms with Gasteiger partial charge < -0.3 is 10.5 Å². The molecule has 0 bridgehead atoms. The molecule has 0 atom stereocenters. The smallest absolute Gasteiger partial charge is 0.202 e. The quantitative estimate of drug-likeness (QED) is 0.122. The molecular formula is C11H13BrFN7O3S. The molecular weight excluding hydrogens is 409 g/mol. The molecule has 2 rings (SSSR count). The van der Waals surface area contributed by atoms with Crippen LogP contribution in [0.1, 0.15) is 5.69 Å². The second-order valence-corrected chi connectivity index (χ2v) is 5.68. The molecule has 130 valence electrons. The van der Waals surface area contributed by atoms with E-state index in [4.69, 9.17) is 5.21 Å². The van der Waals surface area contributed by atoms with Crippen LogP contribution >= 0.6 is 28.1 Å². The van der Waals surface area contributed by atoms with Crippen molar-refractivity contribution in [3.8, 4) is 0 Å². The van der Waals surface area contributed by atoms with Crippen molar-refractivity contribution < 1.29 is 19.4 Å². The SMILES string of the molecule is ONSNCCNc1nonc1C(=Nc1ccc(F)c(Br)c1)NO. The molecule has 0 fully saturated rings. The van der Waals surface area contributed by atoms with Crippen LogP contribution in [0, 0.1) is 5.82 Å². The summed E-state index contributed by atoms with van der Waals surface area (Å²) >= 11 is 3.97. The predicted octanol–water partition coefficient (Wildman–Crippen LogP) is 1.57. The van der Waals surface area contributed by atoms with Gasteiger partial charge in [0.15, 0.2) is 11.5 Å². The zero-order valence-corrected chi connectivity index (χ0v) is 14.4. The van der Waals surface area contributed by atoms with Crippen molar-refractivity contribution in [3.05, 3.63) is 34.2 Å². The first-order valence-electron chi connectivity index (χ1n) is 6.44. The normalized spacial score (nSPS) is 11.6. The van der Waals surface area contributed by atoms with E-state index in [1.165, 1.54) is 18.2 Å². The molecule has 0 aliphatic rings. The van der Waals surface area contributed by atoms with Gasteiger partial charge in [-0.05, 0) is 44.4 Å². The van der Waals surface area contributed by atoms with E-state index in [1.807, 2.05) is 10.4 Å². The highest BCUT2D eigenvalue weighted by atomic mass is 79.9. The maximum Gasteiger partial charge on any atom is 0.202 e. The lowest BCUT2D eigenvalue weighted by Gasteiger charge is -2.06. The van der Waals surface area contributed by atoms with Crippen LogP contribution < -0.4 is 20.4 Å². The van der Waals surface area contributed by atoms with E-state index in [-0.39, 0.29) is 21.8 Å². The van der Waals surface area contributed by atoms with Crippen LogP contribution in [0.4, 0.5) is 15.9 Å². The molecule has 1 heterocycles. The molecule has 0 spiro atoms. The fourth-order valence-electron chi connectivity index (χ4n) is 1.59. The van der Waals surface area contributed by atoms with Gasteiger partial charge in [0.2, 0.25) is 5.82 Å². The number of hydrogen-bond donors (Lipinski definition) is 6. The summed E-state index contributed by atoms with van der Waals surface area (Å²) in [5.74, 6) is -0.211. The molecule has 1 aromatic carbocycles. The molecule has 0 radical (unpaired) electrons. The zero-order chi connectivity index (χ0) is 17.4. The third-order valence-corrected chi connectivity index (χ3v) is 3.65. The number of benzene rings is 1. The van der Waals surface area contributed by atoms with Gasteiger partial charge in [0.05, 0.1) is 10.2 Å². The van der Waals surface area contributed by atoms with E-state index in [0.29, 0.717) is 18.8 Å². The van der Waals surface area contributed by atoms with Crippen molar-refractivity contribution in [2.75, 3.05) is 18.4 Å². The zero-order valence-electron chi connectivity index (χ0n) is 12.0. The van der Waals surface area contributed by atoms with Gasteiger partial charge in [-0.1, -0.05) is 0 Å². The number of aliphatic imine (C=N–C) groups is 1. The summed E-state index contributed by atoms with van der Waals surface area (Å²) in [6, 6.07) is 4.11. The molecule has 2 aromatic rings. The number of aromatic nitrogens is 2. The van der Waals surface area contributed by atoms with E-state index < -0.39 is 5.82 Å². The highest BCUT2D eigenvalue weighted by molar-refractivity contribution is 9.10. The average molecular weight is 422 g/mol. The van der Waals surface area contributed by atoms with Gasteiger partial charge in [0.25, 0.3) is 0 Å². The maximum absolute atomic E-state index is 13.2. The molecule has 13 heteroatoms. The molecule has 1 aromatic heterocycles. The minimum absolute atomic E-state index is 0.0309. The Morgan fingerprint density at radius 3 is 2.88 bits per heavy atom. The largest absolute Gasteiger partial charge is 0.364 e. The van der Waals surface area contributed by atoms with Crippen LogP contribution in [-0.2, 0) is 0 Å². The van der Waals surface area contributed by atoms with E-state index in [0.717, 1.165) is 12.1 Å². The molecule has 10 nitrogen and oxygen atoms in total. The van der Waals surface area contributed by atoms with E-state index in [2.05, 4.69) is 45.9 Å². The highest BCUT2D eigenvalue weighted by Gasteiger charge is 2.16. The Bertz CT molecular complexity index is 702. The number of nitrogens with one attached hydrogen (secondary N) is 4. The summed E-state index contributed by atoms with van der Waals surface area (Å²) in [5.41, 5.74) is 2.43. The van der Waals surface area contributed by atoms with Gasteiger partial charge in [0, 0.05) is 25.2 Å². The number of rotatable bonds is 8. The Balaban J connectivity index is 2.11. The number of nitrogens with zero attached hydrogens (tertiary/aromatic N) is 3. The van der Waals surface area contributed by atoms with Crippen LogP contribution in [0.5, 0.6) is 0 Å². The summed E-state index contributed by atoms with van der Waals surface area (Å²) in [7, 11) is 0. The number of anilines is 1. The third kappa shape index (κ3) is 5.12. The van der Waals surface area contributed by atoms with Crippen molar-refractivity contribution >= 4 is 45.4 Å². The summed E-state index contributed by atoms with van der Waals surface area (Å²) in [5, 5.41) is 28.0. The maximum atomic E-state index is 13.2. The minimum Gasteiger partial charge on any atom is -0.364 e. The van der Waals surface area contributed by atoms with Gasteiger partial charge >= 0.3 is 0 Å². The number of halogens is 2. The Morgan fingerprint density at radius 1 is 1.33 bits per heavy atom. The fraction of sp³-hybridized carbons (Fsp3) is 0.182. The predicted molar refractivity (Wildman–Crippen MR) is 88.5 cm³/mol. The highest BCUT2D eigenvalue weighted by Crippen LogP contribution is 2.23. The van der Waals surface area contributed by atoms with Crippen LogP contribution in [0.3, 0.4) is 0 Å². The topological polar surface area (TPSA) is 140 Å². The minimum atomic E-state index is -0.430. The Morgan fingerprint density at radius 2 is 2.17 bits per heavy atom. The molecule has 0 saturated carbocycles. The van der Waals surface area contributed by atoms with E-state index >= 15 is 0 Å². The van der Waals surface area contributed by atoms with Gasteiger partial charge in [-0.2, -0.15) is 0 Å². The molecule has 0 unspecified atom stereocenters. The second-order valence-electron chi connectivity index (χ2n) is 4.15.